The van der Waals surface area contributed by atoms with E-state index in [1.165, 1.54) is 12.8 Å². The molecule has 2 aliphatic rings. The van der Waals surface area contributed by atoms with E-state index in [-0.39, 0.29) is 5.82 Å². The largest absolute Gasteiger partial charge is 0.326 e. The van der Waals surface area contributed by atoms with Crippen molar-refractivity contribution in [1.29, 1.82) is 0 Å². The monoisotopic (exact) mass is 262 g/mol. The molecule has 1 aliphatic heterocycles. The van der Waals surface area contributed by atoms with Crippen molar-refractivity contribution >= 4 is 0 Å². The molecule has 0 spiro atoms. The Kier molecular flexibility index (Phi) is 3.85. The van der Waals surface area contributed by atoms with Crippen molar-refractivity contribution in [2.45, 2.75) is 50.1 Å². The molecule has 2 nitrogen and oxygen atoms in total. The van der Waals surface area contributed by atoms with Gasteiger partial charge in [0.05, 0.1) is 0 Å². The van der Waals surface area contributed by atoms with E-state index < -0.39 is 0 Å². The molecule has 0 radical (unpaired) electrons. The van der Waals surface area contributed by atoms with Gasteiger partial charge in [0.2, 0.25) is 0 Å². The summed E-state index contributed by atoms with van der Waals surface area (Å²) >= 11 is 0. The Labute approximate surface area is 114 Å². The molecule has 19 heavy (non-hydrogen) atoms. The Bertz CT molecular complexity index is 427. The molecule has 0 aromatic heterocycles. The van der Waals surface area contributed by atoms with Crippen LogP contribution in [-0.2, 0) is 0 Å². The zero-order chi connectivity index (χ0) is 13.2. The van der Waals surface area contributed by atoms with Gasteiger partial charge in [-0.1, -0.05) is 18.2 Å². The fourth-order valence-electron chi connectivity index (χ4n) is 3.71. The first-order chi connectivity index (χ1) is 9.24. The number of nitrogens with two attached hydrogens (primary N) is 1. The third-order valence-corrected chi connectivity index (χ3v) is 4.81. The standard InChI is InChI=1S/C16H23FN2/c17-16-4-2-1-3-15(16)12-5-7-14(8-6-12)19-10-9-13(18)11-19/h1-4,12-14H,5-11,18H2/t12?,13-,14?/m1/s1. The van der Waals surface area contributed by atoms with Gasteiger partial charge >= 0.3 is 0 Å². The minimum absolute atomic E-state index is 0.0332. The molecule has 1 saturated heterocycles. The second kappa shape index (κ2) is 5.59. The van der Waals surface area contributed by atoms with Crippen LogP contribution < -0.4 is 5.73 Å². The maximum absolute atomic E-state index is 13.8. The van der Waals surface area contributed by atoms with E-state index in [4.69, 9.17) is 5.73 Å². The number of hydrogen-bond donors (Lipinski definition) is 1. The lowest BCUT2D eigenvalue weighted by atomic mass is 9.81. The van der Waals surface area contributed by atoms with Crippen LogP contribution in [0.2, 0.25) is 0 Å². The van der Waals surface area contributed by atoms with Gasteiger partial charge in [-0.2, -0.15) is 0 Å². The predicted octanol–water partition coefficient (Wildman–Crippen LogP) is 2.88. The number of hydrogen-bond acceptors (Lipinski definition) is 2. The molecule has 0 unspecified atom stereocenters. The molecule has 2 fully saturated rings. The third kappa shape index (κ3) is 2.82. The highest BCUT2D eigenvalue weighted by Gasteiger charge is 2.30. The van der Waals surface area contributed by atoms with E-state index in [2.05, 4.69) is 4.90 Å². The van der Waals surface area contributed by atoms with Crippen LogP contribution in [0.15, 0.2) is 24.3 Å². The molecule has 3 rings (SSSR count). The summed E-state index contributed by atoms with van der Waals surface area (Å²) in [6.07, 6.45) is 5.72. The van der Waals surface area contributed by atoms with Gasteiger partial charge in [-0.15, -0.1) is 0 Å². The van der Waals surface area contributed by atoms with Crippen molar-refractivity contribution in [3.8, 4) is 0 Å². The van der Waals surface area contributed by atoms with Crippen molar-refractivity contribution in [1.82, 2.24) is 4.90 Å². The Morgan fingerprint density at radius 2 is 1.79 bits per heavy atom. The third-order valence-electron chi connectivity index (χ3n) is 4.81. The van der Waals surface area contributed by atoms with Crippen LogP contribution in [0.25, 0.3) is 0 Å². The van der Waals surface area contributed by atoms with Crippen LogP contribution in [-0.4, -0.2) is 30.1 Å². The van der Waals surface area contributed by atoms with E-state index in [0.29, 0.717) is 18.0 Å². The summed E-state index contributed by atoms with van der Waals surface area (Å²) in [7, 11) is 0. The van der Waals surface area contributed by atoms with Gasteiger partial charge in [-0.3, -0.25) is 4.90 Å². The lowest BCUT2D eigenvalue weighted by molar-refractivity contribution is 0.179. The SMILES string of the molecule is N[C@@H]1CCN(C2CCC(c3ccccc3F)CC2)C1. The van der Waals surface area contributed by atoms with E-state index in [0.717, 1.165) is 37.9 Å². The molecule has 1 aliphatic carbocycles. The second-order valence-electron chi connectivity index (χ2n) is 6.07. The molecule has 1 aromatic carbocycles. The smallest absolute Gasteiger partial charge is 0.126 e. The first-order valence-electron chi connectivity index (χ1n) is 7.48. The van der Waals surface area contributed by atoms with Crippen LogP contribution in [0.1, 0.15) is 43.6 Å². The minimum atomic E-state index is -0.0332. The Morgan fingerprint density at radius 1 is 1.05 bits per heavy atom. The quantitative estimate of drug-likeness (QED) is 0.888. The van der Waals surface area contributed by atoms with E-state index in [1.54, 1.807) is 12.1 Å². The number of likely N-dealkylation sites (tertiary alicyclic amines) is 1. The van der Waals surface area contributed by atoms with E-state index in [9.17, 15) is 4.39 Å². The van der Waals surface area contributed by atoms with Gasteiger partial charge in [0, 0.05) is 25.2 Å². The van der Waals surface area contributed by atoms with Crippen LogP contribution in [0.3, 0.4) is 0 Å². The molecular weight excluding hydrogens is 239 g/mol. The van der Waals surface area contributed by atoms with Crippen LogP contribution >= 0.6 is 0 Å². The number of benzene rings is 1. The second-order valence-corrected chi connectivity index (χ2v) is 6.07. The molecule has 3 heteroatoms. The average Bonchev–Trinajstić information content (AvgIpc) is 2.86. The van der Waals surface area contributed by atoms with Crippen LogP contribution in [0.4, 0.5) is 4.39 Å². The van der Waals surface area contributed by atoms with Crippen molar-refractivity contribution in [2.75, 3.05) is 13.1 Å². The summed E-state index contributed by atoms with van der Waals surface area (Å²) < 4.78 is 13.8. The number of nitrogens with zero attached hydrogens (tertiary/aromatic N) is 1. The Balaban J connectivity index is 1.59. The molecule has 1 heterocycles. The fourth-order valence-corrected chi connectivity index (χ4v) is 3.71. The average molecular weight is 262 g/mol. The molecule has 0 bridgehead atoms. The molecular formula is C16H23FN2. The van der Waals surface area contributed by atoms with Gasteiger partial charge in [0.25, 0.3) is 0 Å². The topological polar surface area (TPSA) is 29.3 Å². The Morgan fingerprint density at radius 3 is 2.42 bits per heavy atom. The van der Waals surface area contributed by atoms with Crippen molar-refractivity contribution in [3.63, 3.8) is 0 Å². The lowest BCUT2D eigenvalue weighted by Crippen LogP contribution is -2.37. The molecule has 2 N–H and O–H groups in total. The minimum Gasteiger partial charge on any atom is -0.326 e. The normalized spacial score (nSPS) is 32.6. The molecule has 1 aromatic rings. The van der Waals surface area contributed by atoms with Crippen molar-refractivity contribution in [3.05, 3.63) is 35.6 Å². The number of rotatable bonds is 2. The van der Waals surface area contributed by atoms with Gasteiger partial charge in [0.15, 0.2) is 0 Å². The summed E-state index contributed by atoms with van der Waals surface area (Å²) in [6.45, 7) is 2.20. The van der Waals surface area contributed by atoms with Gasteiger partial charge in [-0.25, -0.2) is 4.39 Å². The van der Waals surface area contributed by atoms with Gasteiger partial charge in [0.1, 0.15) is 5.82 Å². The van der Waals surface area contributed by atoms with E-state index >= 15 is 0 Å². The first kappa shape index (κ1) is 13.1. The van der Waals surface area contributed by atoms with Crippen molar-refractivity contribution in [2.24, 2.45) is 5.73 Å². The zero-order valence-corrected chi connectivity index (χ0v) is 11.4. The Hall–Kier alpha value is -0.930. The van der Waals surface area contributed by atoms with Crippen LogP contribution in [0.5, 0.6) is 0 Å². The highest BCUT2D eigenvalue weighted by Crippen LogP contribution is 2.36. The fraction of sp³-hybridized carbons (Fsp3) is 0.625. The summed E-state index contributed by atoms with van der Waals surface area (Å²) in [4.78, 5) is 2.54. The van der Waals surface area contributed by atoms with E-state index in [1.807, 2.05) is 12.1 Å². The first-order valence-corrected chi connectivity index (χ1v) is 7.48. The predicted molar refractivity (Wildman–Crippen MR) is 75.6 cm³/mol. The zero-order valence-electron chi connectivity index (χ0n) is 11.4. The lowest BCUT2D eigenvalue weighted by Gasteiger charge is -2.34. The van der Waals surface area contributed by atoms with Crippen LogP contribution in [0, 0.1) is 5.82 Å². The maximum atomic E-state index is 13.8. The van der Waals surface area contributed by atoms with Crippen molar-refractivity contribution < 1.29 is 4.39 Å². The number of halogens is 1. The van der Waals surface area contributed by atoms with Gasteiger partial charge in [-0.05, 0) is 49.7 Å². The van der Waals surface area contributed by atoms with Gasteiger partial charge < -0.3 is 5.73 Å². The summed E-state index contributed by atoms with van der Waals surface area (Å²) in [5.74, 6) is 0.378. The highest BCUT2D eigenvalue weighted by atomic mass is 19.1. The maximum Gasteiger partial charge on any atom is 0.126 e. The molecule has 1 atom stereocenters. The molecule has 1 saturated carbocycles. The summed E-state index contributed by atoms with van der Waals surface area (Å²) in [5.41, 5.74) is 6.89. The summed E-state index contributed by atoms with van der Waals surface area (Å²) in [5, 5.41) is 0. The highest BCUT2D eigenvalue weighted by molar-refractivity contribution is 5.22. The molecule has 104 valence electrons. The summed E-state index contributed by atoms with van der Waals surface area (Å²) in [6, 6.07) is 8.30. The molecule has 0 amide bonds.